The number of carbonyl (C=O) groups excluding carboxylic acids is 3. The van der Waals surface area contributed by atoms with Crippen LogP contribution in [0.2, 0.25) is 0 Å². The highest BCUT2D eigenvalue weighted by Crippen LogP contribution is 2.23. The largest absolute Gasteiger partial charge is 0.468 e. The predicted octanol–water partition coefficient (Wildman–Crippen LogP) is 2.97. The third-order valence-electron chi connectivity index (χ3n) is 3.05. The second-order valence-electron chi connectivity index (χ2n) is 5.84. The van der Waals surface area contributed by atoms with Crippen LogP contribution in [0.3, 0.4) is 0 Å². The van der Waals surface area contributed by atoms with Crippen molar-refractivity contribution in [1.82, 2.24) is 0 Å². The van der Waals surface area contributed by atoms with Crippen molar-refractivity contribution in [2.24, 2.45) is 11.3 Å². The SMILES string of the molecule is COC(=O)C(C(=O)Cc1ccc(Br)cc1)C(=O)C(C)(C)C. The normalized spacial score (nSPS) is 12.6. The van der Waals surface area contributed by atoms with Crippen LogP contribution in [0.4, 0.5) is 0 Å². The summed E-state index contributed by atoms with van der Waals surface area (Å²) in [6.07, 6.45) is 0.0227. The first-order valence-electron chi connectivity index (χ1n) is 6.56. The van der Waals surface area contributed by atoms with Gasteiger partial charge in [-0.25, -0.2) is 0 Å². The fourth-order valence-electron chi connectivity index (χ4n) is 1.84. The molecule has 5 heteroatoms. The van der Waals surface area contributed by atoms with Gasteiger partial charge in [0.25, 0.3) is 0 Å². The number of hydrogen-bond acceptors (Lipinski definition) is 4. The van der Waals surface area contributed by atoms with Gasteiger partial charge in [0.05, 0.1) is 7.11 Å². The Kier molecular flexibility index (Phi) is 5.84. The molecule has 1 atom stereocenters. The van der Waals surface area contributed by atoms with E-state index in [1.807, 2.05) is 0 Å². The number of carbonyl (C=O) groups is 3. The van der Waals surface area contributed by atoms with Gasteiger partial charge in [0.1, 0.15) is 0 Å². The number of ether oxygens (including phenoxy) is 1. The van der Waals surface area contributed by atoms with Crippen LogP contribution in [0.1, 0.15) is 26.3 Å². The average molecular weight is 355 g/mol. The second kappa shape index (κ2) is 6.98. The monoisotopic (exact) mass is 354 g/mol. The molecule has 0 radical (unpaired) electrons. The highest BCUT2D eigenvalue weighted by Gasteiger charge is 2.40. The molecular weight excluding hydrogens is 336 g/mol. The maximum absolute atomic E-state index is 12.4. The van der Waals surface area contributed by atoms with Crippen molar-refractivity contribution in [3.63, 3.8) is 0 Å². The van der Waals surface area contributed by atoms with Gasteiger partial charge in [0.15, 0.2) is 17.5 Å². The molecule has 0 bridgehead atoms. The summed E-state index contributed by atoms with van der Waals surface area (Å²) in [7, 11) is 1.18. The summed E-state index contributed by atoms with van der Waals surface area (Å²) in [5.74, 6) is -3.02. The number of Topliss-reactive ketones (excluding diaryl/α,β-unsaturated/α-hetero) is 2. The van der Waals surface area contributed by atoms with Crippen molar-refractivity contribution in [3.05, 3.63) is 34.3 Å². The molecule has 1 aromatic rings. The van der Waals surface area contributed by atoms with Crippen molar-refractivity contribution >= 4 is 33.5 Å². The molecular formula is C16H19BrO4. The van der Waals surface area contributed by atoms with Gasteiger partial charge in [-0.1, -0.05) is 48.8 Å². The van der Waals surface area contributed by atoms with Crippen LogP contribution in [0.5, 0.6) is 0 Å². The van der Waals surface area contributed by atoms with E-state index in [1.165, 1.54) is 7.11 Å². The molecule has 1 rings (SSSR count). The lowest BCUT2D eigenvalue weighted by atomic mass is 9.80. The molecule has 0 aliphatic carbocycles. The van der Waals surface area contributed by atoms with Crippen molar-refractivity contribution < 1.29 is 19.1 Å². The van der Waals surface area contributed by atoms with E-state index in [0.717, 1.165) is 10.0 Å². The van der Waals surface area contributed by atoms with Gasteiger partial charge in [0, 0.05) is 16.3 Å². The molecule has 4 nitrogen and oxygen atoms in total. The maximum atomic E-state index is 12.4. The predicted molar refractivity (Wildman–Crippen MR) is 82.8 cm³/mol. The summed E-state index contributed by atoms with van der Waals surface area (Å²) in [5, 5.41) is 0. The Labute approximate surface area is 133 Å². The molecule has 114 valence electrons. The number of benzene rings is 1. The van der Waals surface area contributed by atoms with E-state index in [1.54, 1.807) is 45.0 Å². The van der Waals surface area contributed by atoms with E-state index >= 15 is 0 Å². The minimum atomic E-state index is -1.36. The fraction of sp³-hybridized carbons (Fsp3) is 0.438. The zero-order valence-corrected chi connectivity index (χ0v) is 14.2. The van der Waals surface area contributed by atoms with Gasteiger partial charge in [-0.15, -0.1) is 0 Å². The highest BCUT2D eigenvalue weighted by molar-refractivity contribution is 9.10. The third kappa shape index (κ3) is 4.77. The molecule has 1 unspecified atom stereocenters. The first kappa shape index (κ1) is 17.6. The van der Waals surface area contributed by atoms with E-state index in [0.29, 0.717) is 0 Å². The summed E-state index contributed by atoms with van der Waals surface area (Å²) < 4.78 is 5.52. The molecule has 0 saturated heterocycles. The van der Waals surface area contributed by atoms with E-state index in [4.69, 9.17) is 0 Å². The van der Waals surface area contributed by atoms with Gasteiger partial charge in [-0.2, -0.15) is 0 Å². The topological polar surface area (TPSA) is 60.4 Å². The number of esters is 1. The van der Waals surface area contributed by atoms with Gasteiger partial charge in [0.2, 0.25) is 0 Å². The lowest BCUT2D eigenvalue weighted by Crippen LogP contribution is -2.40. The number of hydrogen-bond donors (Lipinski definition) is 0. The Hall–Kier alpha value is -1.49. The van der Waals surface area contributed by atoms with E-state index in [9.17, 15) is 14.4 Å². The first-order chi connectivity index (χ1) is 9.66. The van der Waals surface area contributed by atoms with Crippen LogP contribution in [-0.2, 0) is 25.5 Å². The van der Waals surface area contributed by atoms with Gasteiger partial charge >= 0.3 is 5.97 Å². The van der Waals surface area contributed by atoms with Crippen LogP contribution in [-0.4, -0.2) is 24.6 Å². The van der Waals surface area contributed by atoms with Crippen LogP contribution in [0.15, 0.2) is 28.7 Å². The van der Waals surface area contributed by atoms with Gasteiger partial charge in [-0.05, 0) is 17.7 Å². The van der Waals surface area contributed by atoms with Gasteiger partial charge in [-0.3, -0.25) is 14.4 Å². The van der Waals surface area contributed by atoms with Crippen LogP contribution in [0.25, 0.3) is 0 Å². The van der Waals surface area contributed by atoms with Crippen molar-refractivity contribution in [1.29, 1.82) is 0 Å². The Morgan fingerprint density at radius 1 is 1.14 bits per heavy atom. The Morgan fingerprint density at radius 3 is 2.10 bits per heavy atom. The third-order valence-corrected chi connectivity index (χ3v) is 3.58. The Bertz CT molecular complexity index is 540. The molecule has 0 heterocycles. The summed E-state index contributed by atoms with van der Waals surface area (Å²) in [5.41, 5.74) is -0.0346. The molecule has 0 aliphatic rings. The van der Waals surface area contributed by atoms with Crippen LogP contribution in [0, 0.1) is 11.3 Å². The minimum Gasteiger partial charge on any atom is -0.468 e. The first-order valence-corrected chi connectivity index (χ1v) is 7.35. The quantitative estimate of drug-likeness (QED) is 0.602. The highest BCUT2D eigenvalue weighted by atomic mass is 79.9. The number of methoxy groups -OCH3 is 1. The number of halogens is 1. The van der Waals surface area contributed by atoms with E-state index < -0.39 is 28.9 Å². The summed E-state index contributed by atoms with van der Waals surface area (Å²) in [4.78, 5) is 36.5. The molecule has 1 aromatic carbocycles. The molecule has 0 saturated carbocycles. The lowest BCUT2D eigenvalue weighted by Gasteiger charge is -2.22. The molecule has 0 aliphatic heterocycles. The molecule has 0 aromatic heterocycles. The number of rotatable bonds is 5. The minimum absolute atomic E-state index is 0.0227. The molecule has 0 fully saturated rings. The zero-order valence-electron chi connectivity index (χ0n) is 12.6. The lowest BCUT2D eigenvalue weighted by molar-refractivity contribution is -0.155. The summed E-state index contributed by atoms with van der Waals surface area (Å²) in [6, 6.07) is 7.17. The standard InChI is InChI=1S/C16H19BrO4/c1-16(2,3)14(19)13(15(20)21-4)12(18)9-10-5-7-11(17)8-6-10/h5-8,13H,9H2,1-4H3. The Balaban J connectivity index is 2.98. The van der Waals surface area contributed by atoms with Crippen molar-refractivity contribution in [3.8, 4) is 0 Å². The van der Waals surface area contributed by atoms with Crippen LogP contribution >= 0.6 is 15.9 Å². The molecule has 21 heavy (non-hydrogen) atoms. The summed E-state index contributed by atoms with van der Waals surface area (Å²) in [6.45, 7) is 5.04. The second-order valence-corrected chi connectivity index (χ2v) is 6.76. The average Bonchev–Trinajstić information content (AvgIpc) is 2.40. The van der Waals surface area contributed by atoms with Gasteiger partial charge < -0.3 is 4.74 Å². The van der Waals surface area contributed by atoms with E-state index in [-0.39, 0.29) is 6.42 Å². The Morgan fingerprint density at radius 2 is 1.67 bits per heavy atom. The molecule has 0 amide bonds. The van der Waals surface area contributed by atoms with Crippen molar-refractivity contribution in [2.45, 2.75) is 27.2 Å². The fourth-order valence-corrected chi connectivity index (χ4v) is 2.11. The van der Waals surface area contributed by atoms with E-state index in [2.05, 4.69) is 20.7 Å². The number of ketones is 2. The summed E-state index contributed by atoms with van der Waals surface area (Å²) >= 11 is 3.31. The molecule has 0 spiro atoms. The zero-order chi connectivity index (χ0) is 16.2. The smallest absolute Gasteiger partial charge is 0.323 e. The molecule has 0 N–H and O–H groups in total. The maximum Gasteiger partial charge on any atom is 0.323 e. The van der Waals surface area contributed by atoms with Crippen molar-refractivity contribution in [2.75, 3.05) is 7.11 Å². The van der Waals surface area contributed by atoms with Crippen LogP contribution < -0.4 is 0 Å².